The van der Waals surface area contributed by atoms with Gasteiger partial charge in [0, 0.05) is 18.1 Å². The van der Waals surface area contributed by atoms with Gasteiger partial charge < -0.3 is 5.73 Å². The molecule has 0 rings (SSSR count). The Hall–Kier alpha value is 0.1000. The fourth-order valence-corrected chi connectivity index (χ4v) is 3.08. The van der Waals surface area contributed by atoms with Crippen LogP contribution in [0, 0.1) is 0 Å². The summed E-state index contributed by atoms with van der Waals surface area (Å²) in [5, 5.41) is 0. The van der Waals surface area contributed by atoms with Crippen molar-refractivity contribution in [1.82, 2.24) is 0 Å². The van der Waals surface area contributed by atoms with Crippen LogP contribution in [0.5, 0.6) is 0 Å². The first-order chi connectivity index (χ1) is 8.52. The van der Waals surface area contributed by atoms with E-state index in [2.05, 4.69) is 44.8 Å². The molecule has 0 saturated carbocycles. The Labute approximate surface area is 125 Å². The van der Waals surface area contributed by atoms with Crippen molar-refractivity contribution in [3.05, 3.63) is 24.3 Å². The Bertz CT molecular complexity index is 316. The SMILES string of the molecule is CC=CC(C=CC)(SOC(C)(C)S(C)(C)C)C(C)N. The van der Waals surface area contributed by atoms with E-state index in [0.717, 1.165) is 0 Å². The molecule has 0 amide bonds. The van der Waals surface area contributed by atoms with Crippen LogP contribution in [0.4, 0.5) is 0 Å². The first-order valence-corrected chi connectivity index (χ1v) is 10.2. The molecule has 0 saturated heterocycles. The highest BCUT2D eigenvalue weighted by atomic mass is 32.3. The highest BCUT2D eigenvalue weighted by Gasteiger charge is 2.36. The van der Waals surface area contributed by atoms with Crippen LogP contribution in [-0.2, 0) is 4.18 Å². The molecular weight excluding hydrogens is 274 g/mol. The zero-order valence-electron chi connectivity index (χ0n) is 13.7. The molecule has 2 N–H and O–H groups in total. The Morgan fingerprint density at radius 1 is 1.11 bits per heavy atom. The molecule has 114 valence electrons. The molecule has 0 aliphatic carbocycles. The third-order valence-electron chi connectivity index (χ3n) is 3.43. The number of allylic oxidation sites excluding steroid dienone is 2. The zero-order valence-corrected chi connectivity index (χ0v) is 15.3. The summed E-state index contributed by atoms with van der Waals surface area (Å²) in [5.41, 5.74) is 6.19. The van der Waals surface area contributed by atoms with Crippen LogP contribution in [0.15, 0.2) is 24.3 Å². The number of hydrogen-bond acceptors (Lipinski definition) is 3. The maximum atomic E-state index is 6.20. The van der Waals surface area contributed by atoms with E-state index < -0.39 is 10.0 Å². The molecule has 2 nitrogen and oxygen atoms in total. The minimum atomic E-state index is -0.812. The molecule has 0 fully saturated rings. The van der Waals surface area contributed by atoms with Crippen LogP contribution in [0.25, 0.3) is 0 Å². The minimum absolute atomic E-state index is 0.0179. The summed E-state index contributed by atoms with van der Waals surface area (Å²) >= 11 is 1.48. The van der Waals surface area contributed by atoms with E-state index in [1.54, 1.807) is 0 Å². The van der Waals surface area contributed by atoms with Gasteiger partial charge in [-0.25, -0.2) is 10.0 Å². The van der Waals surface area contributed by atoms with Crippen molar-refractivity contribution in [3.63, 3.8) is 0 Å². The third-order valence-corrected chi connectivity index (χ3v) is 8.00. The van der Waals surface area contributed by atoms with Gasteiger partial charge in [-0.15, -0.1) is 0 Å². The average molecular weight is 306 g/mol. The molecule has 19 heavy (non-hydrogen) atoms. The van der Waals surface area contributed by atoms with Crippen LogP contribution in [0.1, 0.15) is 34.6 Å². The van der Waals surface area contributed by atoms with Gasteiger partial charge in [0.1, 0.15) is 4.93 Å². The summed E-state index contributed by atoms with van der Waals surface area (Å²) in [7, 11) is -0.812. The topological polar surface area (TPSA) is 35.2 Å². The second kappa shape index (κ2) is 7.21. The van der Waals surface area contributed by atoms with Crippen molar-refractivity contribution >= 4 is 22.1 Å². The molecule has 1 unspecified atom stereocenters. The van der Waals surface area contributed by atoms with Gasteiger partial charge in [-0.1, -0.05) is 24.3 Å². The third kappa shape index (κ3) is 5.18. The van der Waals surface area contributed by atoms with Crippen molar-refractivity contribution in [2.75, 3.05) is 18.8 Å². The van der Waals surface area contributed by atoms with Crippen LogP contribution in [-0.4, -0.2) is 34.5 Å². The highest BCUT2D eigenvalue weighted by molar-refractivity contribution is 8.33. The van der Waals surface area contributed by atoms with E-state index in [-0.39, 0.29) is 15.7 Å². The molecule has 0 aromatic carbocycles. The zero-order chi connectivity index (χ0) is 15.3. The smallest absolute Gasteiger partial charge is 0.107 e. The Kier molecular flexibility index (Phi) is 7.24. The number of hydrogen-bond donors (Lipinski definition) is 1. The lowest BCUT2D eigenvalue weighted by Gasteiger charge is -2.44. The Morgan fingerprint density at radius 2 is 1.53 bits per heavy atom. The quantitative estimate of drug-likeness (QED) is 0.562. The summed E-state index contributed by atoms with van der Waals surface area (Å²) in [6, 6.07) is -0.0179. The van der Waals surface area contributed by atoms with Gasteiger partial charge in [0.2, 0.25) is 0 Å². The van der Waals surface area contributed by atoms with E-state index in [1.807, 2.05) is 32.9 Å². The fraction of sp³-hybridized carbons (Fsp3) is 0.733. The minimum Gasteiger partial charge on any atom is -0.326 e. The second-order valence-corrected chi connectivity index (χ2v) is 11.7. The van der Waals surface area contributed by atoms with Gasteiger partial charge in [0.25, 0.3) is 0 Å². The van der Waals surface area contributed by atoms with E-state index in [4.69, 9.17) is 9.92 Å². The van der Waals surface area contributed by atoms with E-state index >= 15 is 0 Å². The number of nitrogens with two attached hydrogens (primary N) is 1. The predicted molar refractivity (Wildman–Crippen MR) is 94.1 cm³/mol. The monoisotopic (exact) mass is 305 g/mol. The van der Waals surface area contributed by atoms with Crippen LogP contribution >= 0.6 is 22.1 Å². The lowest BCUT2D eigenvalue weighted by molar-refractivity contribution is 0.241. The Balaban J connectivity index is 5.16. The first kappa shape index (κ1) is 19.1. The molecule has 0 bridgehead atoms. The molecule has 1 atom stereocenters. The van der Waals surface area contributed by atoms with Crippen molar-refractivity contribution in [2.24, 2.45) is 5.73 Å². The van der Waals surface area contributed by atoms with Gasteiger partial charge in [0.05, 0.1) is 4.75 Å². The van der Waals surface area contributed by atoms with E-state index in [0.29, 0.717) is 0 Å². The normalized spacial score (nSPS) is 19.8. The molecule has 0 aliphatic heterocycles. The van der Waals surface area contributed by atoms with E-state index in [9.17, 15) is 0 Å². The summed E-state index contributed by atoms with van der Waals surface area (Å²) in [5.74, 6) is 0. The summed E-state index contributed by atoms with van der Waals surface area (Å²) in [6.07, 6.45) is 15.1. The van der Waals surface area contributed by atoms with Crippen molar-refractivity contribution in [3.8, 4) is 0 Å². The van der Waals surface area contributed by atoms with Gasteiger partial charge in [-0.3, -0.25) is 4.18 Å². The van der Waals surface area contributed by atoms with Crippen molar-refractivity contribution < 1.29 is 4.18 Å². The molecule has 0 heterocycles. The van der Waals surface area contributed by atoms with Crippen LogP contribution in [0.2, 0.25) is 0 Å². The molecule has 0 aromatic rings. The molecule has 0 spiro atoms. The highest BCUT2D eigenvalue weighted by Crippen LogP contribution is 2.53. The molecule has 0 aromatic heterocycles. The van der Waals surface area contributed by atoms with Crippen molar-refractivity contribution in [1.29, 1.82) is 0 Å². The van der Waals surface area contributed by atoms with Crippen LogP contribution < -0.4 is 5.73 Å². The lowest BCUT2D eigenvalue weighted by atomic mass is 10.00. The lowest BCUT2D eigenvalue weighted by Crippen LogP contribution is -2.42. The molecule has 0 radical (unpaired) electrons. The van der Waals surface area contributed by atoms with Gasteiger partial charge in [-0.2, -0.15) is 0 Å². The first-order valence-electron chi connectivity index (χ1n) is 6.60. The molecular formula is C15H31NOS2. The van der Waals surface area contributed by atoms with Gasteiger partial charge in [0.15, 0.2) is 0 Å². The largest absolute Gasteiger partial charge is 0.326 e. The Morgan fingerprint density at radius 3 is 1.79 bits per heavy atom. The maximum Gasteiger partial charge on any atom is 0.107 e. The van der Waals surface area contributed by atoms with E-state index in [1.165, 1.54) is 12.0 Å². The second-order valence-electron chi connectivity index (χ2n) is 6.05. The van der Waals surface area contributed by atoms with Crippen molar-refractivity contribution in [2.45, 2.75) is 50.3 Å². The standard InChI is InChI=1S/C15H31NOS2/c1-9-11-15(12-10-2,13(3)16)18-17-14(4,5)19(6,7)8/h9-13H,16H2,1-8H3. The molecule has 4 heteroatoms. The summed E-state index contributed by atoms with van der Waals surface area (Å²) in [4.78, 5) is -0.152. The molecule has 0 aliphatic rings. The average Bonchev–Trinajstić information content (AvgIpc) is 2.24. The van der Waals surface area contributed by atoms with Crippen LogP contribution in [0.3, 0.4) is 0 Å². The summed E-state index contributed by atoms with van der Waals surface area (Å²) < 4.78 is 5.90. The van der Waals surface area contributed by atoms with Gasteiger partial charge in [-0.05, 0) is 53.4 Å². The van der Waals surface area contributed by atoms with Gasteiger partial charge >= 0.3 is 0 Å². The fourth-order valence-electron chi connectivity index (χ4n) is 1.29. The number of rotatable bonds is 7. The summed E-state index contributed by atoms with van der Waals surface area (Å²) in [6.45, 7) is 10.4. The maximum absolute atomic E-state index is 6.20. The predicted octanol–water partition coefficient (Wildman–Crippen LogP) is 4.32.